The first-order valence-corrected chi connectivity index (χ1v) is 10.2. The molecule has 0 unspecified atom stereocenters. The van der Waals surface area contributed by atoms with E-state index in [0.717, 1.165) is 37.0 Å². The quantitative estimate of drug-likeness (QED) is 0.195. The summed E-state index contributed by atoms with van der Waals surface area (Å²) in [6.45, 7) is 4.40. The Morgan fingerprint density at radius 2 is 1.42 bits per heavy atom. The smallest absolute Gasteiger partial charge is 0.336 e. The lowest BCUT2D eigenvalue weighted by molar-refractivity contribution is -0.137. The summed E-state index contributed by atoms with van der Waals surface area (Å²) in [5.74, 6) is 1.10. The summed E-state index contributed by atoms with van der Waals surface area (Å²) in [7, 11) is 1.58. The van der Waals surface area contributed by atoms with Gasteiger partial charge < -0.3 is 18.9 Å². The third-order valence-electron chi connectivity index (χ3n) is 4.29. The highest BCUT2D eigenvalue weighted by molar-refractivity contribution is 5.88. The van der Waals surface area contributed by atoms with Crippen LogP contribution in [0.2, 0.25) is 0 Å². The minimum absolute atomic E-state index is 0.379. The molecule has 0 amide bonds. The number of rotatable bonds is 13. The fourth-order valence-electron chi connectivity index (χ4n) is 2.61. The molecule has 0 spiro atoms. The molecule has 0 saturated heterocycles. The molecule has 0 heterocycles. The fourth-order valence-corrected chi connectivity index (χ4v) is 2.61. The maximum atomic E-state index is 11.9. The number of benzene rings is 2. The summed E-state index contributed by atoms with van der Waals surface area (Å²) in [6.07, 6.45) is 7.98. The molecular weight excluding hydrogens is 396 g/mol. The van der Waals surface area contributed by atoms with Crippen molar-refractivity contribution in [1.29, 1.82) is 0 Å². The third kappa shape index (κ3) is 9.67. The van der Waals surface area contributed by atoms with Gasteiger partial charge >= 0.3 is 11.9 Å². The molecule has 0 atom stereocenters. The molecule has 2 rings (SSSR count). The van der Waals surface area contributed by atoms with E-state index in [1.165, 1.54) is 12.2 Å². The number of methoxy groups -OCH3 is 1. The number of unbranched alkanes of at least 4 members (excludes halogenated alkanes) is 3. The lowest BCUT2D eigenvalue weighted by Crippen LogP contribution is -2.03. The second-order valence-corrected chi connectivity index (χ2v) is 6.63. The maximum absolute atomic E-state index is 11.9. The molecule has 0 fully saturated rings. The van der Waals surface area contributed by atoms with Crippen LogP contribution >= 0.6 is 0 Å². The zero-order valence-corrected chi connectivity index (χ0v) is 17.8. The normalized spacial score (nSPS) is 10.5. The van der Waals surface area contributed by atoms with Gasteiger partial charge in [0.05, 0.1) is 20.3 Å². The predicted molar refractivity (Wildman–Crippen MR) is 119 cm³/mol. The molecule has 6 heteroatoms. The van der Waals surface area contributed by atoms with Crippen LogP contribution in [0.4, 0.5) is 0 Å². The largest absolute Gasteiger partial charge is 0.497 e. The van der Waals surface area contributed by atoms with Gasteiger partial charge in [-0.15, -0.1) is 0 Å². The summed E-state index contributed by atoms with van der Waals surface area (Å²) in [5, 5.41) is 0. The highest BCUT2D eigenvalue weighted by Gasteiger charge is 2.01. The van der Waals surface area contributed by atoms with Gasteiger partial charge in [-0.2, -0.15) is 0 Å². The summed E-state index contributed by atoms with van der Waals surface area (Å²) < 4.78 is 21.0. The molecule has 0 bridgehead atoms. The number of carbonyl (C=O) groups excluding carboxylic acids is 2. The van der Waals surface area contributed by atoms with Crippen LogP contribution in [0.3, 0.4) is 0 Å². The zero-order chi connectivity index (χ0) is 22.3. The Morgan fingerprint density at radius 1 is 0.806 bits per heavy atom. The maximum Gasteiger partial charge on any atom is 0.336 e. The molecule has 2 aromatic carbocycles. The third-order valence-corrected chi connectivity index (χ3v) is 4.29. The molecule has 0 aliphatic carbocycles. The van der Waals surface area contributed by atoms with E-state index in [-0.39, 0.29) is 5.97 Å². The lowest BCUT2D eigenvalue weighted by Gasteiger charge is -2.06. The molecule has 164 valence electrons. The second kappa shape index (κ2) is 13.6. The van der Waals surface area contributed by atoms with Gasteiger partial charge in [0.1, 0.15) is 17.2 Å². The van der Waals surface area contributed by atoms with Crippen LogP contribution in [0, 0.1) is 0 Å². The molecule has 0 aromatic heterocycles. The minimum Gasteiger partial charge on any atom is -0.497 e. The van der Waals surface area contributed by atoms with E-state index < -0.39 is 5.97 Å². The second-order valence-electron chi connectivity index (χ2n) is 6.63. The Kier molecular flexibility index (Phi) is 10.4. The molecule has 0 saturated carbocycles. The van der Waals surface area contributed by atoms with Crippen molar-refractivity contribution in [2.45, 2.75) is 25.7 Å². The van der Waals surface area contributed by atoms with Gasteiger partial charge in [-0.1, -0.05) is 18.7 Å². The van der Waals surface area contributed by atoms with Gasteiger partial charge in [-0.05, 0) is 73.7 Å². The van der Waals surface area contributed by atoms with Gasteiger partial charge in [0.25, 0.3) is 0 Å². The first-order valence-electron chi connectivity index (χ1n) is 10.2. The Balaban J connectivity index is 1.63. The number of ether oxygens (including phenoxy) is 4. The van der Waals surface area contributed by atoms with Crippen LogP contribution in [0.5, 0.6) is 17.2 Å². The van der Waals surface area contributed by atoms with Crippen molar-refractivity contribution in [3.63, 3.8) is 0 Å². The highest BCUT2D eigenvalue weighted by atomic mass is 16.5. The molecule has 0 aliphatic heterocycles. The molecule has 6 nitrogen and oxygen atoms in total. The monoisotopic (exact) mass is 424 g/mol. The van der Waals surface area contributed by atoms with Crippen LogP contribution < -0.4 is 14.2 Å². The van der Waals surface area contributed by atoms with Crippen LogP contribution in [-0.2, 0) is 14.3 Å². The molecule has 31 heavy (non-hydrogen) atoms. The average molecular weight is 424 g/mol. The first-order chi connectivity index (χ1) is 15.1. The van der Waals surface area contributed by atoms with Crippen molar-refractivity contribution in [3.8, 4) is 17.2 Å². The van der Waals surface area contributed by atoms with Gasteiger partial charge in [0.15, 0.2) is 0 Å². The topological polar surface area (TPSA) is 71.1 Å². The standard InChI is InChI=1S/C25H28O6/c1-3-24(26)30-19-7-5-4-6-18-29-22-11-8-20(9-12-22)10-17-25(27)31-23-15-13-21(28-2)14-16-23/h3,8-17H,1,4-7,18-19H2,2H3/b17-10+. The fraction of sp³-hybridized carbons (Fsp3) is 0.280. The molecule has 0 N–H and O–H groups in total. The van der Waals surface area contributed by atoms with Crippen molar-refractivity contribution < 1.29 is 28.5 Å². The Labute approximate surface area is 183 Å². The van der Waals surface area contributed by atoms with Crippen molar-refractivity contribution in [2.24, 2.45) is 0 Å². The van der Waals surface area contributed by atoms with Crippen molar-refractivity contribution in [3.05, 3.63) is 72.8 Å². The molecule has 0 radical (unpaired) electrons. The number of hydrogen-bond donors (Lipinski definition) is 0. The van der Waals surface area contributed by atoms with E-state index in [2.05, 4.69) is 6.58 Å². The molecular formula is C25H28O6. The molecule has 2 aromatic rings. The van der Waals surface area contributed by atoms with Crippen molar-refractivity contribution in [2.75, 3.05) is 20.3 Å². The van der Waals surface area contributed by atoms with Crippen LogP contribution in [0.1, 0.15) is 31.2 Å². The minimum atomic E-state index is -0.454. The Morgan fingerprint density at radius 3 is 2.06 bits per heavy atom. The van der Waals surface area contributed by atoms with Crippen LogP contribution in [-0.4, -0.2) is 32.3 Å². The van der Waals surface area contributed by atoms with E-state index in [1.54, 1.807) is 37.5 Å². The first kappa shape index (κ1) is 23.7. The SMILES string of the molecule is C=CC(=O)OCCCCCCOc1ccc(/C=C/C(=O)Oc2ccc(OC)cc2)cc1. The van der Waals surface area contributed by atoms with Crippen molar-refractivity contribution >= 4 is 18.0 Å². The van der Waals surface area contributed by atoms with Crippen LogP contribution in [0.25, 0.3) is 6.08 Å². The summed E-state index contributed by atoms with van der Waals surface area (Å²) in [6, 6.07) is 14.3. The van der Waals surface area contributed by atoms with Crippen molar-refractivity contribution in [1.82, 2.24) is 0 Å². The molecule has 0 aliphatic rings. The van der Waals surface area contributed by atoms with E-state index in [4.69, 9.17) is 18.9 Å². The lowest BCUT2D eigenvalue weighted by atomic mass is 10.2. The van der Waals surface area contributed by atoms with Gasteiger partial charge in [-0.25, -0.2) is 9.59 Å². The van der Waals surface area contributed by atoms with Gasteiger partial charge in [-0.3, -0.25) is 0 Å². The Bertz CT molecular complexity index is 853. The van der Waals surface area contributed by atoms with E-state index in [9.17, 15) is 9.59 Å². The number of hydrogen-bond acceptors (Lipinski definition) is 6. The van der Waals surface area contributed by atoms with E-state index in [0.29, 0.717) is 24.7 Å². The predicted octanol–water partition coefficient (Wildman–Crippen LogP) is 4.98. The zero-order valence-electron chi connectivity index (χ0n) is 17.8. The summed E-state index contributed by atoms with van der Waals surface area (Å²) in [4.78, 5) is 22.8. The number of esters is 2. The van der Waals surface area contributed by atoms with Crippen LogP contribution in [0.15, 0.2) is 67.3 Å². The summed E-state index contributed by atoms with van der Waals surface area (Å²) >= 11 is 0. The highest BCUT2D eigenvalue weighted by Crippen LogP contribution is 2.18. The van der Waals surface area contributed by atoms with Gasteiger partial charge in [0.2, 0.25) is 0 Å². The average Bonchev–Trinajstić information content (AvgIpc) is 2.80. The Hall–Kier alpha value is -3.54. The van der Waals surface area contributed by atoms with E-state index >= 15 is 0 Å². The number of carbonyl (C=O) groups is 2. The summed E-state index contributed by atoms with van der Waals surface area (Å²) in [5.41, 5.74) is 0.869. The van der Waals surface area contributed by atoms with E-state index in [1.807, 2.05) is 24.3 Å². The van der Waals surface area contributed by atoms with Gasteiger partial charge in [0, 0.05) is 12.2 Å².